The van der Waals surface area contributed by atoms with Crippen LogP contribution >= 0.6 is 0 Å². The van der Waals surface area contributed by atoms with Crippen LogP contribution in [0, 0.1) is 13.8 Å². The summed E-state index contributed by atoms with van der Waals surface area (Å²) in [5.74, 6) is 0.706. The van der Waals surface area contributed by atoms with E-state index in [1.54, 1.807) is 0 Å². The highest BCUT2D eigenvalue weighted by Gasteiger charge is 2.23. The number of hydrazone groups is 1. The van der Waals surface area contributed by atoms with Crippen LogP contribution in [0.15, 0.2) is 84.0 Å². The number of benzene rings is 3. The first-order valence-corrected chi connectivity index (χ1v) is 8.73. The molecule has 0 atom stereocenters. The minimum absolute atomic E-state index is 0.572. The van der Waals surface area contributed by atoms with E-state index in [0.717, 1.165) is 16.9 Å². The molecule has 0 saturated heterocycles. The standard InChI is InChI=1S/C22H21N4/c1-17-8-12-20(13-9-17)25-16-26(21-14-10-18(2)11-15-21)24-22(23-25)19-6-4-3-5-7-19/h3-15H,16H2,1-2H3. The van der Waals surface area contributed by atoms with Crippen molar-refractivity contribution in [1.29, 1.82) is 0 Å². The van der Waals surface area contributed by atoms with Crippen LogP contribution in [0.1, 0.15) is 16.7 Å². The van der Waals surface area contributed by atoms with Crippen LogP contribution in [-0.2, 0) is 0 Å². The molecule has 0 fully saturated rings. The number of anilines is 2. The molecule has 3 aromatic carbocycles. The van der Waals surface area contributed by atoms with Crippen molar-refractivity contribution < 1.29 is 0 Å². The van der Waals surface area contributed by atoms with E-state index in [2.05, 4.69) is 62.4 Å². The number of aryl methyl sites for hydroxylation is 2. The van der Waals surface area contributed by atoms with E-state index >= 15 is 0 Å². The van der Waals surface area contributed by atoms with Crippen molar-refractivity contribution in [2.75, 3.05) is 16.7 Å². The lowest BCUT2D eigenvalue weighted by atomic mass is 10.2. The van der Waals surface area contributed by atoms with Crippen molar-refractivity contribution >= 4 is 17.2 Å². The maximum atomic E-state index is 4.79. The average molecular weight is 341 g/mol. The first-order valence-electron chi connectivity index (χ1n) is 8.73. The molecule has 26 heavy (non-hydrogen) atoms. The third-order valence-electron chi connectivity index (χ3n) is 4.39. The normalized spacial score (nSPS) is 14.0. The molecule has 0 bridgehead atoms. The highest BCUT2D eigenvalue weighted by molar-refractivity contribution is 6.00. The molecule has 0 spiro atoms. The fourth-order valence-electron chi connectivity index (χ4n) is 2.85. The van der Waals surface area contributed by atoms with E-state index in [4.69, 9.17) is 10.5 Å². The third kappa shape index (κ3) is 3.40. The van der Waals surface area contributed by atoms with Crippen LogP contribution < -0.4 is 15.4 Å². The van der Waals surface area contributed by atoms with Crippen molar-refractivity contribution in [2.45, 2.75) is 13.8 Å². The van der Waals surface area contributed by atoms with E-state index in [1.165, 1.54) is 11.1 Å². The Hall–Kier alpha value is -3.27. The summed E-state index contributed by atoms with van der Waals surface area (Å²) in [7, 11) is 0. The Kier molecular flexibility index (Phi) is 4.32. The van der Waals surface area contributed by atoms with Crippen LogP contribution in [0.5, 0.6) is 0 Å². The molecular weight excluding hydrogens is 320 g/mol. The summed E-state index contributed by atoms with van der Waals surface area (Å²) >= 11 is 0. The smallest absolute Gasteiger partial charge is 0.199 e. The van der Waals surface area contributed by atoms with Gasteiger partial charge in [0.05, 0.1) is 11.4 Å². The summed E-state index contributed by atoms with van der Waals surface area (Å²) in [5, 5.41) is 8.78. The molecule has 0 unspecified atom stereocenters. The molecule has 0 aromatic heterocycles. The zero-order valence-corrected chi connectivity index (χ0v) is 15.0. The lowest BCUT2D eigenvalue weighted by Gasteiger charge is -2.34. The van der Waals surface area contributed by atoms with E-state index in [0.29, 0.717) is 12.5 Å². The van der Waals surface area contributed by atoms with E-state index < -0.39 is 0 Å². The summed E-state index contributed by atoms with van der Waals surface area (Å²) in [6.07, 6.45) is 0. The second kappa shape index (κ2) is 6.92. The van der Waals surface area contributed by atoms with Gasteiger partial charge in [0, 0.05) is 5.56 Å². The van der Waals surface area contributed by atoms with Crippen LogP contribution in [0.3, 0.4) is 0 Å². The van der Waals surface area contributed by atoms with Gasteiger partial charge in [0.2, 0.25) is 0 Å². The maximum absolute atomic E-state index is 4.79. The molecule has 0 amide bonds. The van der Waals surface area contributed by atoms with Crippen LogP contribution in [-0.4, -0.2) is 12.5 Å². The molecule has 4 heteroatoms. The van der Waals surface area contributed by atoms with Gasteiger partial charge < -0.3 is 0 Å². The molecule has 0 aliphatic carbocycles. The molecule has 1 aliphatic heterocycles. The zero-order chi connectivity index (χ0) is 17.9. The maximum Gasteiger partial charge on any atom is 0.199 e. The van der Waals surface area contributed by atoms with Crippen molar-refractivity contribution in [2.24, 2.45) is 5.10 Å². The second-order valence-electron chi connectivity index (χ2n) is 6.50. The lowest BCUT2D eigenvalue weighted by molar-refractivity contribution is 0.671. The molecule has 1 aliphatic rings. The molecule has 0 saturated carbocycles. The predicted molar refractivity (Wildman–Crippen MR) is 107 cm³/mol. The summed E-state index contributed by atoms with van der Waals surface area (Å²) in [6.45, 7) is 4.75. The van der Waals surface area contributed by atoms with E-state index in [-0.39, 0.29) is 0 Å². The summed E-state index contributed by atoms with van der Waals surface area (Å²) in [6, 6.07) is 26.9. The Morgan fingerprint density at radius 3 is 1.77 bits per heavy atom. The highest BCUT2D eigenvalue weighted by Crippen LogP contribution is 2.23. The summed E-state index contributed by atoms with van der Waals surface area (Å²) in [5.41, 5.74) is 10.4. The lowest BCUT2D eigenvalue weighted by Crippen LogP contribution is -2.48. The molecule has 129 valence electrons. The minimum atomic E-state index is 0.572. The molecule has 1 heterocycles. The predicted octanol–water partition coefficient (Wildman–Crippen LogP) is 4.47. The second-order valence-corrected chi connectivity index (χ2v) is 6.50. The quantitative estimate of drug-likeness (QED) is 0.704. The van der Waals surface area contributed by atoms with Gasteiger partial charge in [0.1, 0.15) is 6.67 Å². The monoisotopic (exact) mass is 341 g/mol. The first-order chi connectivity index (χ1) is 12.7. The Morgan fingerprint density at radius 2 is 1.19 bits per heavy atom. The molecule has 0 N–H and O–H groups in total. The fourth-order valence-corrected chi connectivity index (χ4v) is 2.85. The van der Waals surface area contributed by atoms with Gasteiger partial charge >= 0.3 is 0 Å². The van der Waals surface area contributed by atoms with Gasteiger partial charge in [-0.25, -0.2) is 10.0 Å². The number of rotatable bonds is 3. The Labute approximate surface area is 154 Å². The SMILES string of the molecule is Cc1ccc(N2CN(c3ccc(C)cc3)N=C(c3ccccc3)[N]2)cc1. The average Bonchev–Trinajstić information content (AvgIpc) is 2.69. The summed E-state index contributed by atoms with van der Waals surface area (Å²) in [4.78, 5) is 0. The van der Waals surface area contributed by atoms with Gasteiger partial charge in [-0.05, 0) is 38.1 Å². The molecular formula is C22H21N4. The van der Waals surface area contributed by atoms with Gasteiger partial charge in [-0.15, -0.1) is 10.5 Å². The fraction of sp³-hybridized carbons (Fsp3) is 0.136. The number of hydrogen-bond donors (Lipinski definition) is 0. The van der Waals surface area contributed by atoms with Crippen LogP contribution in [0.2, 0.25) is 0 Å². The van der Waals surface area contributed by atoms with Crippen molar-refractivity contribution in [3.05, 3.63) is 95.6 Å². The van der Waals surface area contributed by atoms with Crippen molar-refractivity contribution in [3.63, 3.8) is 0 Å². The third-order valence-corrected chi connectivity index (χ3v) is 4.39. The molecule has 3 aromatic rings. The molecule has 1 radical (unpaired) electrons. The number of amidine groups is 1. The Balaban J connectivity index is 1.72. The molecule has 4 nitrogen and oxygen atoms in total. The minimum Gasteiger partial charge on any atom is -0.242 e. The summed E-state index contributed by atoms with van der Waals surface area (Å²) < 4.78 is 0. The topological polar surface area (TPSA) is 32.9 Å². The van der Waals surface area contributed by atoms with Gasteiger partial charge in [0.15, 0.2) is 5.84 Å². The first kappa shape index (κ1) is 16.2. The van der Waals surface area contributed by atoms with Crippen LogP contribution in [0.25, 0.3) is 0 Å². The highest BCUT2D eigenvalue weighted by atomic mass is 15.7. The number of hydrogen-bond acceptors (Lipinski definition) is 3. The van der Waals surface area contributed by atoms with Gasteiger partial charge in [-0.2, -0.15) is 0 Å². The van der Waals surface area contributed by atoms with Crippen molar-refractivity contribution in [1.82, 2.24) is 5.43 Å². The Bertz CT molecular complexity index is 899. The Morgan fingerprint density at radius 1 is 0.654 bits per heavy atom. The van der Waals surface area contributed by atoms with Gasteiger partial charge in [-0.3, -0.25) is 0 Å². The van der Waals surface area contributed by atoms with Crippen molar-refractivity contribution in [3.8, 4) is 0 Å². The van der Waals surface area contributed by atoms with E-state index in [1.807, 2.05) is 40.3 Å². The largest absolute Gasteiger partial charge is 0.242 e. The van der Waals surface area contributed by atoms with Gasteiger partial charge in [-0.1, -0.05) is 65.7 Å². The molecule has 4 rings (SSSR count). The number of nitrogens with zero attached hydrogens (tertiary/aromatic N) is 4. The van der Waals surface area contributed by atoms with Crippen LogP contribution in [0.4, 0.5) is 11.4 Å². The zero-order valence-electron chi connectivity index (χ0n) is 15.0. The van der Waals surface area contributed by atoms with Gasteiger partial charge in [0.25, 0.3) is 0 Å². The van der Waals surface area contributed by atoms with E-state index in [9.17, 15) is 0 Å².